The molecule has 226 valence electrons. The predicted molar refractivity (Wildman–Crippen MR) is 162 cm³/mol. The minimum absolute atomic E-state index is 0. The van der Waals surface area contributed by atoms with Crippen molar-refractivity contribution < 1.29 is 64.7 Å². The van der Waals surface area contributed by atoms with Gasteiger partial charge in [-0.3, -0.25) is 9.59 Å². The number of rotatable bonds is 12. The van der Waals surface area contributed by atoms with Crippen molar-refractivity contribution >= 4 is 18.0 Å². The van der Waals surface area contributed by atoms with Crippen LogP contribution in [0.25, 0.3) is 28.3 Å². The van der Waals surface area contributed by atoms with Crippen molar-refractivity contribution in [3.05, 3.63) is 114 Å². The van der Waals surface area contributed by atoms with E-state index in [1.165, 1.54) is 30.3 Å². The Morgan fingerprint density at radius 1 is 0.886 bits per heavy atom. The van der Waals surface area contributed by atoms with Crippen molar-refractivity contribution in [1.29, 1.82) is 0 Å². The maximum absolute atomic E-state index is 14.0. The predicted octanol–water partition coefficient (Wildman–Crippen LogP) is 3.33. The zero-order valence-corrected chi connectivity index (χ0v) is 26.9. The molecule has 0 aliphatic rings. The van der Waals surface area contributed by atoms with Gasteiger partial charge in [0.25, 0.3) is 5.91 Å². The molecule has 4 aromatic rings. The number of aliphatic hydroxyl groups excluding tert-OH is 2. The first-order chi connectivity index (χ1) is 20.5. The van der Waals surface area contributed by atoms with E-state index in [-0.39, 0.29) is 55.8 Å². The van der Waals surface area contributed by atoms with Gasteiger partial charge in [0.2, 0.25) is 0 Å². The summed E-state index contributed by atoms with van der Waals surface area (Å²) in [6, 6.07) is 20.8. The number of carbonyl (C=O) groups excluding carboxylic acids is 1. The van der Waals surface area contributed by atoms with Gasteiger partial charge in [0.15, 0.2) is 0 Å². The first-order valence-corrected chi connectivity index (χ1v) is 13.9. The van der Waals surface area contributed by atoms with Crippen LogP contribution in [0, 0.1) is 11.6 Å². The molecule has 1 aromatic heterocycles. The Kier molecular flexibility index (Phi) is 12.6. The fourth-order valence-electron chi connectivity index (χ4n) is 5.04. The van der Waals surface area contributed by atoms with E-state index in [1.54, 1.807) is 30.3 Å². The molecule has 44 heavy (non-hydrogen) atoms. The van der Waals surface area contributed by atoms with Gasteiger partial charge in [0, 0.05) is 35.8 Å². The van der Waals surface area contributed by atoms with Crippen LogP contribution in [-0.2, 0) is 11.3 Å². The van der Waals surface area contributed by atoms with Gasteiger partial charge in [-0.25, -0.2) is 8.78 Å². The first-order valence-electron chi connectivity index (χ1n) is 13.9. The summed E-state index contributed by atoms with van der Waals surface area (Å²) in [5, 5.41) is 32.6. The number of hydrogen-bond acceptors (Lipinski definition) is 4. The van der Waals surface area contributed by atoms with Crippen LogP contribution < -0.4 is 34.9 Å². The first kappa shape index (κ1) is 34.9. The molecule has 4 N–H and O–H groups in total. The summed E-state index contributed by atoms with van der Waals surface area (Å²) in [6.07, 6.45) is -0.0558. The second kappa shape index (κ2) is 15.9. The van der Waals surface area contributed by atoms with Gasteiger partial charge in [0.05, 0.1) is 18.6 Å². The fraction of sp³-hybridized carbons (Fsp3) is 0.235. The summed E-state index contributed by atoms with van der Waals surface area (Å²) in [5.41, 5.74) is 4.19. The normalized spacial score (nSPS) is 12.6. The van der Waals surface area contributed by atoms with Crippen molar-refractivity contribution in [3.63, 3.8) is 0 Å². The average Bonchev–Trinajstić information content (AvgIpc) is 3.31. The summed E-state index contributed by atoms with van der Waals surface area (Å²) in [6.45, 7) is 3.96. The maximum Gasteiger partial charge on any atom is 1.00 e. The monoisotopic (exact) mass is 612 g/mol. The van der Waals surface area contributed by atoms with E-state index >= 15 is 0 Å². The van der Waals surface area contributed by atoms with Gasteiger partial charge in [-0.2, -0.15) is 0 Å². The Morgan fingerprint density at radius 2 is 1.45 bits per heavy atom. The number of aliphatic hydroxyl groups is 2. The molecule has 0 radical (unpaired) electrons. The zero-order chi connectivity index (χ0) is 31.1. The number of aromatic nitrogens is 1. The second-order valence-corrected chi connectivity index (χ2v) is 10.5. The van der Waals surface area contributed by atoms with Gasteiger partial charge >= 0.3 is 35.5 Å². The number of benzene rings is 3. The summed E-state index contributed by atoms with van der Waals surface area (Å²) >= 11 is 0. The smallest absolute Gasteiger partial charge is 1.00 e. The largest absolute Gasteiger partial charge is 1.00 e. The molecular weight excluding hydrogens is 577 g/mol. The van der Waals surface area contributed by atoms with Crippen molar-refractivity contribution in [2.24, 2.45) is 0 Å². The van der Waals surface area contributed by atoms with Crippen LogP contribution >= 0.6 is 0 Å². The molecule has 1 amide bonds. The number of amides is 1. The summed E-state index contributed by atoms with van der Waals surface area (Å²) in [5.74, 6) is -2.38. The molecule has 0 bridgehead atoms. The number of carboxylic acid groups (broad SMARTS) is 1. The van der Waals surface area contributed by atoms with E-state index in [4.69, 9.17) is 5.11 Å². The number of carbonyl (C=O) groups is 2. The number of carboxylic acids is 1. The minimum atomic E-state index is -1.25. The minimum Gasteiger partial charge on any atom is -1.00 e. The van der Waals surface area contributed by atoms with Crippen LogP contribution in [0.15, 0.2) is 84.9 Å². The molecule has 0 saturated heterocycles. The van der Waals surface area contributed by atoms with Crippen molar-refractivity contribution in [3.8, 4) is 22.3 Å². The van der Waals surface area contributed by atoms with Crippen LogP contribution in [-0.4, -0.2) is 44.0 Å². The van der Waals surface area contributed by atoms with Gasteiger partial charge < -0.3 is 26.6 Å². The third-order valence-corrected chi connectivity index (χ3v) is 6.94. The van der Waals surface area contributed by atoms with Crippen LogP contribution in [0.2, 0.25) is 0 Å². The summed E-state index contributed by atoms with van der Waals surface area (Å²) in [7, 11) is 0. The Labute approximate surface area is 278 Å². The van der Waals surface area contributed by atoms with Crippen molar-refractivity contribution in [2.75, 3.05) is 0 Å². The third kappa shape index (κ3) is 8.74. The van der Waals surface area contributed by atoms with Gasteiger partial charge in [-0.05, 0) is 60.9 Å². The SMILES string of the molecule is CC(C)n1c(C=C[C@@H](O)C[C@@H](O)CC(=O)O)c(-c2ccc(F)cc2)c(-c2ccccc2)c1C(=O)NCc1ccc(F)cc1.[H-].[Na+]. The van der Waals surface area contributed by atoms with E-state index in [1.807, 2.05) is 48.7 Å². The van der Waals surface area contributed by atoms with E-state index in [2.05, 4.69) is 5.32 Å². The number of nitrogens with one attached hydrogen (secondary N) is 1. The number of halogens is 2. The standard InChI is InChI=1S/C34H34F2N2O5.Na.H/c1-21(2)38-29(17-16-27(39)18-28(40)19-30(41)42)31(24-10-14-26(36)15-11-24)32(23-6-4-3-5-7-23)33(38)34(43)37-20-22-8-12-25(35)13-9-22;;/h3-17,21,27-28,39-40H,18-20H2,1-2H3,(H,37,43)(H,41,42);;/q;+1;-1/t27-,28-;;/m1../s1. The fourth-order valence-corrected chi connectivity index (χ4v) is 5.04. The third-order valence-electron chi connectivity index (χ3n) is 6.94. The Bertz CT molecular complexity index is 1590. The molecule has 0 spiro atoms. The van der Waals surface area contributed by atoms with Crippen molar-refractivity contribution in [2.45, 2.75) is 51.5 Å². The Hall–Kier alpha value is -3.60. The van der Waals surface area contributed by atoms with Crippen molar-refractivity contribution in [1.82, 2.24) is 9.88 Å². The van der Waals surface area contributed by atoms with E-state index < -0.39 is 36.3 Å². The van der Waals surface area contributed by atoms with Gasteiger partial charge in [0.1, 0.15) is 17.3 Å². The molecule has 1 heterocycles. The number of aliphatic carboxylic acids is 1. The van der Waals surface area contributed by atoms with Crippen LogP contribution in [0.1, 0.15) is 55.9 Å². The molecule has 3 aromatic carbocycles. The van der Waals surface area contributed by atoms with Crippen LogP contribution in [0.5, 0.6) is 0 Å². The number of nitrogens with zero attached hydrogens (tertiary/aromatic N) is 1. The molecule has 4 rings (SSSR count). The maximum atomic E-state index is 14.0. The Balaban J connectivity index is 0.00000353. The van der Waals surface area contributed by atoms with E-state index in [0.29, 0.717) is 33.6 Å². The van der Waals surface area contributed by atoms with E-state index in [0.717, 1.165) is 5.56 Å². The molecule has 0 aliphatic heterocycles. The molecule has 7 nitrogen and oxygen atoms in total. The van der Waals surface area contributed by atoms with E-state index in [9.17, 15) is 28.6 Å². The quantitative estimate of drug-likeness (QED) is 0.184. The second-order valence-electron chi connectivity index (χ2n) is 10.5. The topological polar surface area (TPSA) is 112 Å². The van der Waals surface area contributed by atoms with Crippen LogP contribution in [0.4, 0.5) is 8.78 Å². The summed E-state index contributed by atoms with van der Waals surface area (Å²) < 4.78 is 29.3. The van der Waals surface area contributed by atoms with Crippen LogP contribution in [0.3, 0.4) is 0 Å². The molecule has 0 fully saturated rings. The molecule has 10 heteroatoms. The number of hydrogen-bond donors (Lipinski definition) is 4. The molecule has 0 saturated carbocycles. The average molecular weight is 613 g/mol. The Morgan fingerprint density at radius 3 is 2.02 bits per heavy atom. The van der Waals surface area contributed by atoms with Gasteiger partial charge in [-0.15, -0.1) is 0 Å². The molecular formula is C34H35F2N2NaO5. The van der Waals surface area contributed by atoms with Gasteiger partial charge in [-0.1, -0.05) is 60.7 Å². The zero-order valence-electron chi connectivity index (χ0n) is 25.9. The molecule has 0 unspecified atom stereocenters. The summed E-state index contributed by atoms with van der Waals surface area (Å²) in [4.78, 5) is 25.0. The molecule has 0 aliphatic carbocycles. The molecule has 2 atom stereocenters.